The molecule has 0 saturated carbocycles. The summed E-state index contributed by atoms with van der Waals surface area (Å²) in [6.45, 7) is 3.21. The number of nitrogens with zero attached hydrogens (tertiary/aromatic N) is 3. The van der Waals surface area contributed by atoms with Crippen molar-refractivity contribution < 1.29 is 4.79 Å². The predicted octanol–water partition coefficient (Wildman–Crippen LogP) is 2.68. The molecule has 0 aliphatic carbocycles. The van der Waals surface area contributed by atoms with Crippen LogP contribution in [0.3, 0.4) is 0 Å². The number of carbonyl (C=O) groups is 1. The molecule has 1 saturated heterocycles. The van der Waals surface area contributed by atoms with Gasteiger partial charge in [-0.1, -0.05) is 12.1 Å². The minimum Gasteiger partial charge on any atom is -0.337 e. The number of para-hydroxylation sites is 1. The fourth-order valence-electron chi connectivity index (χ4n) is 4.00. The van der Waals surface area contributed by atoms with E-state index in [2.05, 4.69) is 33.7 Å². The zero-order valence-electron chi connectivity index (χ0n) is 14.5. The van der Waals surface area contributed by atoms with Crippen molar-refractivity contribution in [3.05, 3.63) is 46.2 Å². The van der Waals surface area contributed by atoms with Crippen LogP contribution in [0.2, 0.25) is 0 Å². The number of piperidine rings is 1. The molecule has 3 aromatic rings. The van der Waals surface area contributed by atoms with Crippen molar-refractivity contribution in [3.63, 3.8) is 0 Å². The number of nitrogens with one attached hydrogen (secondary N) is 2. The third-order valence-corrected chi connectivity index (χ3v) is 6.58. The summed E-state index contributed by atoms with van der Waals surface area (Å²) >= 11 is 1.76. The first kappa shape index (κ1) is 16.0. The standard InChI is InChI=1S/C19H21N5OS/c25-19(17-13-7-8-20-10-15(13)22-23-17)24-9-3-4-12(11-24)18-21-14-5-1-2-6-16(14)26-18/h1-2,5-6,12,20H,3-4,7-11H2,(H,22,23). The zero-order chi connectivity index (χ0) is 17.5. The quantitative estimate of drug-likeness (QED) is 0.730. The minimum atomic E-state index is 0.0650. The Morgan fingerprint density at radius 2 is 2.23 bits per heavy atom. The van der Waals surface area contributed by atoms with E-state index >= 15 is 0 Å². The van der Waals surface area contributed by atoms with Crippen molar-refractivity contribution in [2.24, 2.45) is 0 Å². The lowest BCUT2D eigenvalue weighted by Gasteiger charge is -2.31. The molecule has 0 radical (unpaired) electrons. The molecule has 7 heteroatoms. The maximum absolute atomic E-state index is 13.1. The van der Waals surface area contributed by atoms with Gasteiger partial charge in [0.25, 0.3) is 5.91 Å². The highest BCUT2D eigenvalue weighted by atomic mass is 32.1. The fraction of sp³-hybridized carbons (Fsp3) is 0.421. The summed E-state index contributed by atoms with van der Waals surface area (Å²) in [6.07, 6.45) is 2.97. The van der Waals surface area contributed by atoms with Crippen LogP contribution in [0.5, 0.6) is 0 Å². The van der Waals surface area contributed by atoms with Crippen molar-refractivity contribution in [1.82, 2.24) is 25.4 Å². The van der Waals surface area contributed by atoms with Gasteiger partial charge in [-0.25, -0.2) is 4.98 Å². The summed E-state index contributed by atoms with van der Waals surface area (Å²) in [5.74, 6) is 0.386. The van der Waals surface area contributed by atoms with E-state index in [4.69, 9.17) is 4.98 Å². The lowest BCUT2D eigenvalue weighted by Crippen LogP contribution is -2.40. The van der Waals surface area contributed by atoms with E-state index in [0.29, 0.717) is 11.6 Å². The van der Waals surface area contributed by atoms with E-state index < -0.39 is 0 Å². The molecule has 1 fully saturated rings. The molecule has 6 nitrogen and oxygen atoms in total. The van der Waals surface area contributed by atoms with Crippen LogP contribution in [0, 0.1) is 0 Å². The van der Waals surface area contributed by atoms with Crippen LogP contribution in [-0.2, 0) is 13.0 Å². The van der Waals surface area contributed by atoms with Gasteiger partial charge in [-0.3, -0.25) is 9.89 Å². The third kappa shape index (κ3) is 2.71. The zero-order valence-corrected chi connectivity index (χ0v) is 15.3. The smallest absolute Gasteiger partial charge is 0.274 e. The topological polar surface area (TPSA) is 73.9 Å². The van der Waals surface area contributed by atoms with Crippen LogP contribution >= 0.6 is 11.3 Å². The summed E-state index contributed by atoms with van der Waals surface area (Å²) in [4.78, 5) is 19.9. The molecule has 134 valence electrons. The Labute approximate surface area is 155 Å². The molecule has 1 aromatic carbocycles. The van der Waals surface area contributed by atoms with Crippen LogP contribution in [0.4, 0.5) is 0 Å². The van der Waals surface area contributed by atoms with Crippen molar-refractivity contribution in [2.45, 2.75) is 31.7 Å². The molecule has 1 atom stereocenters. The van der Waals surface area contributed by atoms with Gasteiger partial charge in [0.2, 0.25) is 0 Å². The second kappa shape index (κ2) is 6.48. The lowest BCUT2D eigenvalue weighted by atomic mass is 9.97. The number of fused-ring (bicyclic) bond motifs is 2. The Balaban J connectivity index is 1.38. The summed E-state index contributed by atoms with van der Waals surface area (Å²) in [6, 6.07) is 8.26. The van der Waals surface area contributed by atoms with Gasteiger partial charge in [-0.15, -0.1) is 11.3 Å². The molecule has 0 spiro atoms. The summed E-state index contributed by atoms with van der Waals surface area (Å²) in [5.41, 5.74) is 3.83. The molecule has 0 bridgehead atoms. The second-order valence-corrected chi connectivity index (χ2v) is 8.13. The number of thiazole rings is 1. The number of amides is 1. The van der Waals surface area contributed by atoms with Gasteiger partial charge in [-0.2, -0.15) is 5.10 Å². The predicted molar refractivity (Wildman–Crippen MR) is 101 cm³/mol. The van der Waals surface area contributed by atoms with Gasteiger partial charge < -0.3 is 10.2 Å². The second-order valence-electron chi connectivity index (χ2n) is 7.07. The number of aromatic nitrogens is 3. The summed E-state index contributed by atoms with van der Waals surface area (Å²) in [5, 5.41) is 11.8. The highest BCUT2D eigenvalue weighted by molar-refractivity contribution is 7.18. The Hall–Kier alpha value is -2.25. The molecule has 2 aliphatic rings. The maximum atomic E-state index is 13.1. The van der Waals surface area contributed by atoms with Crippen LogP contribution in [0.25, 0.3) is 10.2 Å². The molecule has 2 aliphatic heterocycles. The van der Waals surface area contributed by atoms with E-state index in [0.717, 1.165) is 67.2 Å². The molecule has 26 heavy (non-hydrogen) atoms. The van der Waals surface area contributed by atoms with Gasteiger partial charge in [-0.05, 0) is 37.9 Å². The van der Waals surface area contributed by atoms with Gasteiger partial charge in [0.1, 0.15) is 0 Å². The van der Waals surface area contributed by atoms with Crippen molar-refractivity contribution in [1.29, 1.82) is 0 Å². The molecular formula is C19H21N5OS. The number of carbonyl (C=O) groups excluding carboxylic acids is 1. The number of hydrogen-bond donors (Lipinski definition) is 2. The van der Waals surface area contributed by atoms with Gasteiger partial charge >= 0.3 is 0 Å². The maximum Gasteiger partial charge on any atom is 0.274 e. The monoisotopic (exact) mass is 367 g/mol. The van der Waals surface area contributed by atoms with Crippen molar-refractivity contribution >= 4 is 27.5 Å². The van der Waals surface area contributed by atoms with Gasteiger partial charge in [0.05, 0.1) is 20.9 Å². The average Bonchev–Trinajstić information content (AvgIpc) is 3.32. The Kier molecular flexibility index (Phi) is 3.98. The number of hydrogen-bond acceptors (Lipinski definition) is 5. The van der Waals surface area contributed by atoms with E-state index in [1.54, 1.807) is 11.3 Å². The number of rotatable bonds is 2. The number of H-pyrrole nitrogens is 1. The first-order valence-electron chi connectivity index (χ1n) is 9.21. The Bertz CT molecular complexity index is 929. The number of likely N-dealkylation sites (tertiary alicyclic amines) is 1. The minimum absolute atomic E-state index is 0.0650. The molecular weight excluding hydrogens is 346 g/mol. The Morgan fingerprint density at radius 3 is 3.15 bits per heavy atom. The van der Waals surface area contributed by atoms with Crippen molar-refractivity contribution in [2.75, 3.05) is 19.6 Å². The SMILES string of the molecule is O=C(c1n[nH]c2c1CCNC2)N1CCCC(c2nc3ccccc3s2)C1. The van der Waals surface area contributed by atoms with E-state index in [1.165, 1.54) is 4.70 Å². The van der Waals surface area contributed by atoms with E-state index in [-0.39, 0.29) is 5.91 Å². The van der Waals surface area contributed by atoms with E-state index in [1.807, 2.05) is 11.0 Å². The highest BCUT2D eigenvalue weighted by Gasteiger charge is 2.31. The lowest BCUT2D eigenvalue weighted by molar-refractivity contribution is 0.0700. The third-order valence-electron chi connectivity index (χ3n) is 5.38. The molecule has 1 amide bonds. The van der Waals surface area contributed by atoms with Crippen LogP contribution in [0.15, 0.2) is 24.3 Å². The summed E-state index contributed by atoms with van der Waals surface area (Å²) in [7, 11) is 0. The number of benzene rings is 1. The van der Waals surface area contributed by atoms with Crippen molar-refractivity contribution in [3.8, 4) is 0 Å². The first-order chi connectivity index (χ1) is 12.8. The van der Waals surface area contributed by atoms with Crippen LogP contribution in [-0.4, -0.2) is 45.6 Å². The molecule has 4 heterocycles. The Morgan fingerprint density at radius 1 is 1.31 bits per heavy atom. The summed E-state index contributed by atoms with van der Waals surface area (Å²) < 4.78 is 1.22. The normalized spacial score (nSPS) is 20.3. The first-order valence-corrected chi connectivity index (χ1v) is 10.0. The van der Waals surface area contributed by atoms with Gasteiger partial charge in [0, 0.05) is 31.1 Å². The largest absolute Gasteiger partial charge is 0.337 e. The number of aromatic amines is 1. The fourth-order valence-corrected chi connectivity index (χ4v) is 5.09. The van der Waals surface area contributed by atoms with Gasteiger partial charge in [0.15, 0.2) is 5.69 Å². The molecule has 1 unspecified atom stereocenters. The molecule has 5 rings (SSSR count). The molecule has 2 N–H and O–H groups in total. The van der Waals surface area contributed by atoms with Crippen LogP contribution in [0.1, 0.15) is 45.5 Å². The molecule has 2 aromatic heterocycles. The van der Waals surface area contributed by atoms with E-state index in [9.17, 15) is 4.79 Å². The average molecular weight is 367 g/mol. The van der Waals surface area contributed by atoms with Crippen LogP contribution < -0.4 is 5.32 Å². The highest BCUT2D eigenvalue weighted by Crippen LogP contribution is 2.33.